The van der Waals surface area contributed by atoms with E-state index in [9.17, 15) is 9.59 Å². The third-order valence-electron chi connectivity index (χ3n) is 5.35. The highest BCUT2D eigenvalue weighted by Crippen LogP contribution is 2.23. The number of aromatic nitrogens is 2. The first-order valence-electron chi connectivity index (χ1n) is 10.9. The Kier molecular flexibility index (Phi) is 7.24. The molecule has 0 N–H and O–H groups in total. The van der Waals surface area contributed by atoms with Crippen molar-refractivity contribution in [2.24, 2.45) is 0 Å². The summed E-state index contributed by atoms with van der Waals surface area (Å²) in [4.78, 5) is 38.4. The van der Waals surface area contributed by atoms with E-state index in [1.807, 2.05) is 29.2 Å². The van der Waals surface area contributed by atoms with Crippen molar-refractivity contribution in [3.05, 3.63) is 59.2 Å². The Morgan fingerprint density at radius 3 is 2.42 bits per heavy atom. The molecule has 9 heteroatoms. The van der Waals surface area contributed by atoms with Crippen molar-refractivity contribution >= 4 is 40.3 Å². The lowest BCUT2D eigenvalue weighted by atomic mass is 10.2. The minimum Gasteiger partial charge on any atom is -0.484 e. The second-order valence-corrected chi connectivity index (χ2v) is 8.01. The van der Waals surface area contributed by atoms with Gasteiger partial charge in [-0.15, -0.1) is 0 Å². The average Bonchev–Trinajstić information content (AvgIpc) is 3.09. The first-order chi connectivity index (χ1) is 16.0. The smallest absolute Gasteiger partial charge is 0.360 e. The van der Waals surface area contributed by atoms with Crippen molar-refractivity contribution in [2.75, 3.05) is 44.3 Å². The maximum atomic E-state index is 12.7. The summed E-state index contributed by atoms with van der Waals surface area (Å²) in [7, 11) is 0. The van der Waals surface area contributed by atoms with Gasteiger partial charge in [0.25, 0.3) is 5.91 Å². The Hall–Kier alpha value is -3.39. The van der Waals surface area contributed by atoms with Gasteiger partial charge in [-0.05, 0) is 49.7 Å². The maximum Gasteiger partial charge on any atom is 0.360 e. The van der Waals surface area contributed by atoms with Gasteiger partial charge in [-0.3, -0.25) is 4.79 Å². The zero-order chi connectivity index (χ0) is 23.2. The molecular weight excluding hydrogens is 444 g/mol. The molecule has 1 aromatic heterocycles. The molecule has 33 heavy (non-hydrogen) atoms. The van der Waals surface area contributed by atoms with Gasteiger partial charge in [0.15, 0.2) is 18.1 Å². The van der Waals surface area contributed by atoms with Crippen molar-refractivity contribution < 1.29 is 19.1 Å². The second-order valence-electron chi connectivity index (χ2n) is 7.57. The van der Waals surface area contributed by atoms with Gasteiger partial charge in [-0.1, -0.05) is 23.7 Å². The Balaban J connectivity index is 1.47. The molecule has 8 nitrogen and oxygen atoms in total. The van der Waals surface area contributed by atoms with Crippen molar-refractivity contribution in [3.8, 4) is 5.75 Å². The fraction of sp³-hybridized carbons (Fsp3) is 0.333. The van der Waals surface area contributed by atoms with Crippen LogP contribution in [0.2, 0.25) is 5.02 Å². The van der Waals surface area contributed by atoms with E-state index in [0.29, 0.717) is 53.8 Å². The number of fused-ring (bicyclic) bond motifs is 1. The van der Waals surface area contributed by atoms with Crippen LogP contribution >= 0.6 is 11.6 Å². The molecule has 0 bridgehead atoms. The normalized spacial score (nSPS) is 14.1. The number of rotatable bonds is 6. The largest absolute Gasteiger partial charge is 0.484 e. The van der Waals surface area contributed by atoms with Crippen molar-refractivity contribution in [3.63, 3.8) is 0 Å². The molecule has 172 valence electrons. The lowest BCUT2D eigenvalue weighted by molar-refractivity contribution is -0.133. The van der Waals surface area contributed by atoms with E-state index in [-0.39, 0.29) is 24.8 Å². The van der Waals surface area contributed by atoms with Gasteiger partial charge in [0.05, 0.1) is 17.6 Å². The number of carbonyl (C=O) groups excluding carboxylic acids is 2. The van der Waals surface area contributed by atoms with E-state index < -0.39 is 5.97 Å². The first-order valence-corrected chi connectivity index (χ1v) is 11.3. The van der Waals surface area contributed by atoms with Gasteiger partial charge in [0, 0.05) is 31.2 Å². The minimum absolute atomic E-state index is 0.0501. The molecule has 1 amide bonds. The molecule has 2 heterocycles. The third kappa shape index (κ3) is 5.51. The Bertz CT molecular complexity index is 1140. The number of hydrogen-bond donors (Lipinski definition) is 0. The van der Waals surface area contributed by atoms with Crippen LogP contribution in [0.15, 0.2) is 48.5 Å². The summed E-state index contributed by atoms with van der Waals surface area (Å²) in [6, 6.07) is 14.3. The third-order valence-corrected chi connectivity index (χ3v) is 5.60. The van der Waals surface area contributed by atoms with Gasteiger partial charge >= 0.3 is 5.97 Å². The summed E-state index contributed by atoms with van der Waals surface area (Å²) >= 11 is 5.88. The van der Waals surface area contributed by atoms with Crippen LogP contribution in [0.25, 0.3) is 11.0 Å². The van der Waals surface area contributed by atoms with Crippen molar-refractivity contribution in [2.45, 2.75) is 13.3 Å². The van der Waals surface area contributed by atoms with Crippen LogP contribution in [-0.2, 0) is 9.53 Å². The number of amides is 1. The van der Waals surface area contributed by atoms with Crippen LogP contribution in [0.5, 0.6) is 5.75 Å². The average molecular weight is 469 g/mol. The molecule has 2 aromatic carbocycles. The van der Waals surface area contributed by atoms with Crippen LogP contribution in [0.3, 0.4) is 0 Å². The van der Waals surface area contributed by atoms with E-state index in [2.05, 4.69) is 4.98 Å². The second kappa shape index (κ2) is 10.5. The number of carbonyl (C=O) groups is 2. The van der Waals surface area contributed by atoms with Gasteiger partial charge < -0.3 is 19.3 Å². The number of nitrogens with zero attached hydrogens (tertiary/aromatic N) is 4. The molecule has 0 saturated carbocycles. The molecule has 1 aliphatic heterocycles. The summed E-state index contributed by atoms with van der Waals surface area (Å²) in [6.07, 6.45) is 0.726. The fourth-order valence-corrected chi connectivity index (χ4v) is 3.82. The number of benzene rings is 2. The highest BCUT2D eigenvalue weighted by atomic mass is 35.5. The summed E-state index contributed by atoms with van der Waals surface area (Å²) < 4.78 is 10.8. The molecule has 0 unspecified atom stereocenters. The van der Waals surface area contributed by atoms with E-state index in [0.717, 1.165) is 6.42 Å². The summed E-state index contributed by atoms with van der Waals surface area (Å²) in [6.45, 7) is 4.20. The summed E-state index contributed by atoms with van der Waals surface area (Å²) in [5, 5.41) is 0.611. The van der Waals surface area contributed by atoms with Crippen LogP contribution in [0.4, 0.5) is 5.82 Å². The van der Waals surface area contributed by atoms with Crippen LogP contribution in [0, 0.1) is 0 Å². The van der Waals surface area contributed by atoms with E-state index >= 15 is 0 Å². The minimum atomic E-state index is -0.501. The standard InChI is InChI=1S/C24H25ClN4O4/c1-2-32-24(31)22-23(27-20-7-4-3-6-19(20)26-22)29-13-5-12-28(14-15-29)21(30)16-33-18-10-8-17(25)9-11-18/h3-4,6-11H,2,5,12-16H2,1H3. The number of anilines is 1. The summed E-state index contributed by atoms with van der Waals surface area (Å²) in [5.74, 6) is 0.481. The lowest BCUT2D eigenvalue weighted by Crippen LogP contribution is -2.38. The summed E-state index contributed by atoms with van der Waals surface area (Å²) in [5.41, 5.74) is 1.53. The number of halogens is 1. The van der Waals surface area contributed by atoms with Crippen molar-refractivity contribution in [1.29, 1.82) is 0 Å². The zero-order valence-electron chi connectivity index (χ0n) is 18.4. The van der Waals surface area contributed by atoms with Gasteiger partial charge in [0.2, 0.25) is 0 Å². The first kappa shape index (κ1) is 22.8. The lowest BCUT2D eigenvalue weighted by Gasteiger charge is -2.24. The quantitative estimate of drug-likeness (QED) is 0.511. The Morgan fingerprint density at radius 1 is 0.970 bits per heavy atom. The molecule has 1 aliphatic rings. The molecule has 0 aliphatic carbocycles. The molecule has 0 atom stereocenters. The molecular formula is C24H25ClN4O4. The van der Waals surface area contributed by atoms with Crippen LogP contribution in [0.1, 0.15) is 23.8 Å². The van der Waals surface area contributed by atoms with Gasteiger partial charge in [-0.25, -0.2) is 14.8 Å². The van der Waals surface area contributed by atoms with E-state index in [4.69, 9.17) is 26.1 Å². The molecule has 4 rings (SSSR count). The van der Waals surface area contributed by atoms with Crippen molar-refractivity contribution in [1.82, 2.24) is 14.9 Å². The fourth-order valence-electron chi connectivity index (χ4n) is 3.69. The van der Waals surface area contributed by atoms with Crippen LogP contribution in [-0.4, -0.2) is 66.1 Å². The highest BCUT2D eigenvalue weighted by Gasteiger charge is 2.26. The zero-order valence-corrected chi connectivity index (χ0v) is 19.1. The SMILES string of the molecule is CCOC(=O)c1nc2ccccc2nc1N1CCCN(C(=O)COc2ccc(Cl)cc2)CC1. The molecule has 0 spiro atoms. The number of para-hydroxylation sites is 2. The maximum absolute atomic E-state index is 12.7. The van der Waals surface area contributed by atoms with E-state index in [1.165, 1.54) is 0 Å². The monoisotopic (exact) mass is 468 g/mol. The highest BCUT2D eigenvalue weighted by molar-refractivity contribution is 6.30. The Morgan fingerprint density at radius 2 is 1.70 bits per heavy atom. The molecule has 3 aromatic rings. The number of hydrogen-bond acceptors (Lipinski definition) is 7. The van der Waals surface area contributed by atoms with E-state index in [1.54, 1.807) is 36.1 Å². The number of esters is 1. The predicted molar refractivity (Wildman–Crippen MR) is 126 cm³/mol. The topological polar surface area (TPSA) is 84.9 Å². The predicted octanol–water partition coefficient (Wildman–Crippen LogP) is 3.58. The molecule has 0 radical (unpaired) electrons. The molecule has 1 saturated heterocycles. The number of ether oxygens (including phenoxy) is 2. The molecule has 1 fully saturated rings. The van der Waals surface area contributed by atoms with Gasteiger partial charge in [0.1, 0.15) is 5.75 Å². The van der Waals surface area contributed by atoms with Crippen LogP contribution < -0.4 is 9.64 Å². The Labute approximate surface area is 197 Å². The van der Waals surface area contributed by atoms with Gasteiger partial charge in [-0.2, -0.15) is 0 Å².